The molecular formula is C22H19ClN4OS. The summed E-state index contributed by atoms with van der Waals surface area (Å²) in [6.45, 7) is 0. The molecule has 7 heteroatoms. The van der Waals surface area contributed by atoms with Crippen LogP contribution in [-0.2, 0) is 4.79 Å². The molecule has 1 N–H and O–H groups in total. The number of H-pyrrole nitrogens is 1. The lowest BCUT2D eigenvalue weighted by Gasteiger charge is -2.19. The van der Waals surface area contributed by atoms with Gasteiger partial charge in [-0.3, -0.25) is 9.36 Å². The van der Waals surface area contributed by atoms with Crippen molar-refractivity contribution in [1.82, 2.24) is 19.7 Å². The molecule has 0 unspecified atom stereocenters. The van der Waals surface area contributed by atoms with Crippen molar-refractivity contribution in [3.8, 4) is 17.1 Å². The molecule has 1 atom stereocenters. The van der Waals surface area contributed by atoms with Crippen LogP contribution in [0.3, 0.4) is 0 Å². The minimum Gasteiger partial charge on any atom is -0.360 e. The number of halogens is 1. The van der Waals surface area contributed by atoms with Gasteiger partial charge in [-0.15, -0.1) is 10.2 Å². The highest BCUT2D eigenvalue weighted by Gasteiger charge is 2.27. The number of rotatable bonds is 4. The molecule has 0 aliphatic heterocycles. The van der Waals surface area contributed by atoms with Gasteiger partial charge in [0.05, 0.1) is 5.25 Å². The minimum absolute atomic E-state index is 0.0604. The van der Waals surface area contributed by atoms with Crippen LogP contribution in [0.5, 0.6) is 0 Å². The average Bonchev–Trinajstić information content (AvgIpc) is 3.34. The number of ketones is 1. The second-order valence-corrected chi connectivity index (χ2v) is 8.79. The first-order chi connectivity index (χ1) is 14.2. The summed E-state index contributed by atoms with van der Waals surface area (Å²) in [5.41, 5.74) is 2.94. The van der Waals surface area contributed by atoms with Gasteiger partial charge in [0.15, 0.2) is 11.0 Å². The van der Waals surface area contributed by atoms with E-state index in [9.17, 15) is 4.79 Å². The molecule has 0 radical (unpaired) electrons. The van der Waals surface area contributed by atoms with E-state index in [1.807, 2.05) is 53.2 Å². The first-order valence-electron chi connectivity index (χ1n) is 9.68. The van der Waals surface area contributed by atoms with Gasteiger partial charge in [0, 0.05) is 39.8 Å². The molecule has 29 heavy (non-hydrogen) atoms. The van der Waals surface area contributed by atoms with Crippen LogP contribution in [0.4, 0.5) is 0 Å². The van der Waals surface area contributed by atoms with Crippen LogP contribution < -0.4 is 0 Å². The largest absolute Gasteiger partial charge is 0.360 e. The first-order valence-corrected chi connectivity index (χ1v) is 10.9. The van der Waals surface area contributed by atoms with Crippen LogP contribution in [0.25, 0.3) is 28.0 Å². The van der Waals surface area contributed by atoms with Gasteiger partial charge in [-0.05, 0) is 43.2 Å². The molecule has 4 aromatic rings. The van der Waals surface area contributed by atoms with Crippen LogP contribution in [0.1, 0.15) is 25.7 Å². The number of benzene rings is 2. The Balaban J connectivity index is 1.64. The van der Waals surface area contributed by atoms with Gasteiger partial charge in [0.2, 0.25) is 0 Å². The lowest BCUT2D eigenvalue weighted by Crippen LogP contribution is -2.21. The normalized spacial score (nSPS) is 17.1. The monoisotopic (exact) mass is 422 g/mol. The molecule has 2 aromatic heterocycles. The SMILES string of the molecule is O=C1CCCC[C@H]1Sc1nnc(-c2c[nH]c3ccccc23)n1-c1ccc(Cl)cc1. The van der Waals surface area contributed by atoms with Gasteiger partial charge >= 0.3 is 0 Å². The predicted molar refractivity (Wildman–Crippen MR) is 117 cm³/mol. The fourth-order valence-electron chi connectivity index (χ4n) is 3.80. The van der Waals surface area contributed by atoms with Crippen molar-refractivity contribution in [3.63, 3.8) is 0 Å². The zero-order chi connectivity index (χ0) is 19.8. The number of carbonyl (C=O) groups excluding carboxylic acids is 1. The third kappa shape index (κ3) is 3.47. The summed E-state index contributed by atoms with van der Waals surface area (Å²) in [5.74, 6) is 1.05. The van der Waals surface area contributed by atoms with Crippen LogP contribution in [0, 0.1) is 0 Å². The zero-order valence-corrected chi connectivity index (χ0v) is 17.2. The van der Waals surface area contributed by atoms with E-state index in [0.717, 1.165) is 52.4 Å². The number of thioether (sulfide) groups is 1. The van der Waals surface area contributed by atoms with E-state index in [2.05, 4.69) is 21.2 Å². The summed E-state index contributed by atoms with van der Waals surface area (Å²) < 4.78 is 2.03. The number of para-hydroxylation sites is 1. The molecule has 0 amide bonds. The Kier molecular flexibility index (Phi) is 4.89. The molecule has 1 aliphatic rings. The Morgan fingerprint density at radius 2 is 1.90 bits per heavy atom. The number of nitrogens with zero attached hydrogens (tertiary/aromatic N) is 3. The van der Waals surface area contributed by atoms with E-state index < -0.39 is 0 Å². The van der Waals surface area contributed by atoms with E-state index in [1.165, 1.54) is 11.8 Å². The maximum Gasteiger partial charge on any atom is 0.196 e. The Hall–Kier alpha value is -2.57. The summed E-state index contributed by atoms with van der Waals surface area (Å²) in [5, 5.41) is 11.4. The number of hydrogen-bond acceptors (Lipinski definition) is 4. The minimum atomic E-state index is -0.0604. The second kappa shape index (κ2) is 7.69. The Bertz CT molecular complexity index is 1180. The third-order valence-corrected chi connectivity index (χ3v) is 6.80. The fourth-order valence-corrected chi connectivity index (χ4v) is 5.10. The van der Waals surface area contributed by atoms with Gasteiger partial charge < -0.3 is 4.98 Å². The van der Waals surface area contributed by atoms with Crippen LogP contribution >= 0.6 is 23.4 Å². The summed E-state index contributed by atoms with van der Waals surface area (Å²) in [6.07, 6.45) is 5.57. The Morgan fingerprint density at radius 3 is 2.72 bits per heavy atom. The molecule has 0 bridgehead atoms. The maximum atomic E-state index is 12.4. The molecule has 2 heterocycles. The van der Waals surface area contributed by atoms with E-state index >= 15 is 0 Å². The molecule has 1 saturated carbocycles. The topological polar surface area (TPSA) is 63.6 Å². The second-order valence-electron chi connectivity index (χ2n) is 7.18. The fraction of sp³-hybridized carbons (Fsp3) is 0.227. The molecule has 5 nitrogen and oxygen atoms in total. The van der Waals surface area contributed by atoms with E-state index in [4.69, 9.17) is 11.6 Å². The number of carbonyl (C=O) groups is 1. The highest BCUT2D eigenvalue weighted by Crippen LogP contribution is 2.36. The molecule has 146 valence electrons. The smallest absolute Gasteiger partial charge is 0.196 e. The van der Waals surface area contributed by atoms with Gasteiger partial charge in [0.25, 0.3) is 0 Å². The molecule has 5 rings (SSSR count). The highest BCUT2D eigenvalue weighted by molar-refractivity contribution is 8.00. The van der Waals surface area contributed by atoms with Crippen molar-refractivity contribution in [2.24, 2.45) is 0 Å². The van der Waals surface area contributed by atoms with Crippen molar-refractivity contribution >= 4 is 40.0 Å². The molecule has 2 aromatic carbocycles. The summed E-state index contributed by atoms with van der Waals surface area (Å²) in [7, 11) is 0. The van der Waals surface area contributed by atoms with E-state index in [1.54, 1.807) is 0 Å². The quantitative estimate of drug-likeness (QED) is 0.460. The van der Waals surface area contributed by atoms with Crippen LogP contribution in [0.2, 0.25) is 5.02 Å². The van der Waals surface area contributed by atoms with Crippen LogP contribution in [0.15, 0.2) is 59.9 Å². The maximum absolute atomic E-state index is 12.4. The van der Waals surface area contributed by atoms with Gasteiger partial charge in [-0.25, -0.2) is 0 Å². The van der Waals surface area contributed by atoms with Gasteiger partial charge in [0.1, 0.15) is 5.78 Å². The predicted octanol–water partition coefficient (Wildman–Crippen LogP) is 5.67. The van der Waals surface area contributed by atoms with Crippen molar-refractivity contribution in [2.75, 3.05) is 0 Å². The number of aromatic amines is 1. The lowest BCUT2D eigenvalue weighted by molar-refractivity contribution is -0.119. The summed E-state index contributed by atoms with van der Waals surface area (Å²) in [6, 6.07) is 15.7. The molecular weight excluding hydrogens is 404 g/mol. The number of nitrogens with one attached hydrogen (secondary N) is 1. The standard InChI is InChI=1S/C22H19ClN4OS/c23-14-9-11-15(12-10-14)27-21(17-13-24-18-6-2-1-5-16(17)18)25-26-22(27)29-20-8-4-3-7-19(20)28/h1-2,5-6,9-13,20,24H,3-4,7-8H2/t20-/m1/s1. The number of hydrogen-bond donors (Lipinski definition) is 1. The number of aromatic nitrogens is 4. The zero-order valence-electron chi connectivity index (χ0n) is 15.6. The molecule has 1 aliphatic carbocycles. The van der Waals surface area contributed by atoms with Gasteiger partial charge in [-0.2, -0.15) is 0 Å². The average molecular weight is 423 g/mol. The number of fused-ring (bicyclic) bond motifs is 1. The lowest BCUT2D eigenvalue weighted by atomic mass is 9.99. The van der Waals surface area contributed by atoms with Crippen LogP contribution in [-0.4, -0.2) is 30.8 Å². The molecule has 1 fully saturated rings. The first kappa shape index (κ1) is 18.5. The highest BCUT2D eigenvalue weighted by atomic mass is 35.5. The van der Waals surface area contributed by atoms with E-state index in [0.29, 0.717) is 17.2 Å². The van der Waals surface area contributed by atoms with Crippen molar-refractivity contribution in [3.05, 3.63) is 59.8 Å². The van der Waals surface area contributed by atoms with Crippen molar-refractivity contribution in [2.45, 2.75) is 36.1 Å². The van der Waals surface area contributed by atoms with Crippen molar-refractivity contribution in [1.29, 1.82) is 0 Å². The molecule has 0 spiro atoms. The Morgan fingerprint density at radius 1 is 1.07 bits per heavy atom. The third-order valence-electron chi connectivity index (χ3n) is 5.29. The summed E-state index contributed by atoms with van der Waals surface area (Å²) >= 11 is 7.63. The van der Waals surface area contributed by atoms with E-state index in [-0.39, 0.29) is 5.25 Å². The Labute approximate surface area is 177 Å². The summed E-state index contributed by atoms with van der Waals surface area (Å²) in [4.78, 5) is 15.7. The molecule has 0 saturated heterocycles. The van der Waals surface area contributed by atoms with Gasteiger partial charge in [-0.1, -0.05) is 48.0 Å². The van der Waals surface area contributed by atoms with Crippen molar-refractivity contribution < 1.29 is 4.79 Å². The number of Topliss-reactive ketones (excluding diaryl/α,β-unsaturated/α-hetero) is 1.